The Bertz CT molecular complexity index is 1260. The Morgan fingerprint density at radius 3 is 1.67 bits per heavy atom. The molecule has 0 saturated carbocycles. The van der Waals surface area contributed by atoms with Gasteiger partial charge in [-0.2, -0.15) is 0 Å². The van der Waals surface area contributed by atoms with Gasteiger partial charge in [0.1, 0.15) is 35.4 Å². The molecule has 11 nitrogen and oxygen atoms in total. The van der Waals surface area contributed by atoms with E-state index in [1.807, 2.05) is 13.8 Å². The van der Waals surface area contributed by atoms with Gasteiger partial charge in [-0.1, -0.05) is 13.8 Å². The van der Waals surface area contributed by atoms with Crippen LogP contribution in [0.4, 0.5) is 0 Å². The third kappa shape index (κ3) is 14.2. The molecular weight excluding hydrogens is 596 g/mol. The summed E-state index contributed by atoms with van der Waals surface area (Å²) in [4.78, 5) is 24.2. The maximum absolute atomic E-state index is 12.6. The molecule has 0 aliphatic heterocycles. The average Bonchev–Trinajstić information content (AvgIpc) is 3.08. The van der Waals surface area contributed by atoms with Crippen LogP contribution in [0.2, 0.25) is 0 Å². The van der Waals surface area contributed by atoms with Crippen molar-refractivity contribution < 1.29 is 52.6 Å². The lowest BCUT2D eigenvalue weighted by atomic mass is 10.1. The maximum Gasteiger partial charge on any atom is 0.343 e. The highest BCUT2D eigenvalue weighted by Gasteiger charge is 2.12. The number of benzene rings is 3. The molecule has 0 aliphatic carbocycles. The van der Waals surface area contributed by atoms with E-state index in [0.717, 1.165) is 19.3 Å². The zero-order chi connectivity index (χ0) is 32.8. The standard InChI is InChI=1S/C35H44O11/c1-3-27(2)34(37)43-20-5-4-19-41-29-8-6-28(7-9-29)35(38)46-33-16-14-32(15-17-33)45-26-44-31-12-10-30(11-13-31)42-25-24-40-23-22-39-21-18-36/h6-17,27,36H,3-5,18-26H2,1-2H3. The number of esters is 2. The minimum absolute atomic E-state index is 0.000371. The van der Waals surface area contributed by atoms with Crippen molar-refractivity contribution in [1.29, 1.82) is 0 Å². The second kappa shape index (κ2) is 21.4. The molecule has 0 spiro atoms. The van der Waals surface area contributed by atoms with E-state index < -0.39 is 5.97 Å². The van der Waals surface area contributed by atoms with Crippen LogP contribution in [-0.4, -0.2) is 76.7 Å². The number of hydrogen-bond donors (Lipinski definition) is 1. The number of carbonyl (C=O) groups excluding carboxylic acids is 2. The molecule has 1 unspecified atom stereocenters. The van der Waals surface area contributed by atoms with Crippen LogP contribution < -0.4 is 23.7 Å². The van der Waals surface area contributed by atoms with E-state index in [0.29, 0.717) is 80.6 Å². The number of aliphatic hydroxyl groups is 1. The zero-order valence-electron chi connectivity index (χ0n) is 26.5. The predicted octanol–water partition coefficient (Wildman–Crippen LogP) is 5.47. The first-order valence-corrected chi connectivity index (χ1v) is 15.4. The van der Waals surface area contributed by atoms with Gasteiger partial charge in [0.2, 0.25) is 6.79 Å². The lowest BCUT2D eigenvalue weighted by Gasteiger charge is -2.11. The van der Waals surface area contributed by atoms with Gasteiger partial charge in [-0.25, -0.2) is 4.79 Å². The van der Waals surface area contributed by atoms with Crippen molar-refractivity contribution >= 4 is 11.9 Å². The van der Waals surface area contributed by atoms with Gasteiger partial charge in [-0.3, -0.25) is 4.79 Å². The molecule has 11 heteroatoms. The average molecular weight is 641 g/mol. The van der Waals surface area contributed by atoms with Crippen LogP contribution in [0.5, 0.6) is 28.7 Å². The highest BCUT2D eigenvalue weighted by Crippen LogP contribution is 2.21. The van der Waals surface area contributed by atoms with Crippen LogP contribution >= 0.6 is 0 Å². The predicted molar refractivity (Wildman–Crippen MR) is 170 cm³/mol. The number of ether oxygens (including phenoxy) is 8. The maximum atomic E-state index is 12.6. The summed E-state index contributed by atoms with van der Waals surface area (Å²) in [5, 5.41) is 8.64. The Morgan fingerprint density at radius 2 is 1.09 bits per heavy atom. The quantitative estimate of drug-likeness (QED) is 0.0613. The Labute approximate surface area is 270 Å². The van der Waals surface area contributed by atoms with E-state index in [9.17, 15) is 9.59 Å². The summed E-state index contributed by atoms with van der Waals surface area (Å²) in [7, 11) is 0. The van der Waals surface area contributed by atoms with Crippen LogP contribution in [0.1, 0.15) is 43.5 Å². The van der Waals surface area contributed by atoms with E-state index in [-0.39, 0.29) is 25.3 Å². The fourth-order valence-corrected chi connectivity index (χ4v) is 3.74. The van der Waals surface area contributed by atoms with Crippen LogP contribution in [0, 0.1) is 5.92 Å². The van der Waals surface area contributed by atoms with Gasteiger partial charge in [-0.15, -0.1) is 0 Å². The third-order valence-electron chi connectivity index (χ3n) is 6.57. The van der Waals surface area contributed by atoms with Gasteiger partial charge in [0, 0.05) is 0 Å². The minimum atomic E-state index is -0.490. The van der Waals surface area contributed by atoms with E-state index in [1.165, 1.54) is 0 Å². The molecule has 3 aromatic rings. The fraction of sp³-hybridized carbons (Fsp3) is 0.429. The van der Waals surface area contributed by atoms with Crippen LogP contribution in [-0.2, 0) is 19.0 Å². The second-order valence-electron chi connectivity index (χ2n) is 10.1. The van der Waals surface area contributed by atoms with E-state index in [2.05, 4.69) is 0 Å². The molecule has 0 fully saturated rings. The topological polar surface area (TPSA) is 128 Å². The first kappa shape index (κ1) is 36.2. The van der Waals surface area contributed by atoms with Crippen LogP contribution in [0.15, 0.2) is 72.8 Å². The first-order valence-electron chi connectivity index (χ1n) is 15.4. The molecule has 1 N–H and O–H groups in total. The molecule has 1 atom stereocenters. The minimum Gasteiger partial charge on any atom is -0.494 e. The van der Waals surface area contributed by atoms with Crippen molar-refractivity contribution in [3.05, 3.63) is 78.4 Å². The summed E-state index contributed by atoms with van der Waals surface area (Å²) in [6.45, 7) is 6.68. The molecule has 0 radical (unpaired) electrons. The molecule has 3 rings (SSSR count). The van der Waals surface area contributed by atoms with E-state index in [1.54, 1.807) is 72.8 Å². The second-order valence-corrected chi connectivity index (χ2v) is 10.1. The fourth-order valence-electron chi connectivity index (χ4n) is 3.74. The molecular formula is C35H44O11. The SMILES string of the molecule is CCC(C)C(=O)OCCCCOc1ccc(C(=O)Oc2ccc(OCOc3ccc(OCCOCCOCCO)cc3)cc2)cc1. The van der Waals surface area contributed by atoms with Crippen molar-refractivity contribution in [3.8, 4) is 28.7 Å². The van der Waals surface area contributed by atoms with Crippen LogP contribution in [0.25, 0.3) is 0 Å². The summed E-state index contributed by atoms with van der Waals surface area (Å²) in [6.07, 6.45) is 2.23. The number of rotatable bonds is 23. The van der Waals surface area contributed by atoms with Crippen molar-refractivity contribution in [2.45, 2.75) is 33.1 Å². The molecule has 3 aromatic carbocycles. The summed E-state index contributed by atoms with van der Waals surface area (Å²) < 4.78 is 43.8. The van der Waals surface area contributed by atoms with Crippen molar-refractivity contribution in [3.63, 3.8) is 0 Å². The Morgan fingerprint density at radius 1 is 0.609 bits per heavy atom. The van der Waals surface area contributed by atoms with Crippen molar-refractivity contribution in [2.24, 2.45) is 5.92 Å². The molecule has 0 bridgehead atoms. The molecule has 0 aliphatic rings. The molecule has 0 aromatic heterocycles. The highest BCUT2D eigenvalue weighted by atomic mass is 16.7. The largest absolute Gasteiger partial charge is 0.494 e. The summed E-state index contributed by atoms with van der Waals surface area (Å²) in [6, 6.07) is 20.5. The van der Waals surface area contributed by atoms with Gasteiger partial charge in [-0.05, 0) is 92.1 Å². The zero-order valence-corrected chi connectivity index (χ0v) is 26.5. The monoisotopic (exact) mass is 640 g/mol. The molecule has 250 valence electrons. The van der Waals surface area contributed by atoms with Crippen LogP contribution in [0.3, 0.4) is 0 Å². The van der Waals surface area contributed by atoms with Gasteiger partial charge >= 0.3 is 11.9 Å². The smallest absolute Gasteiger partial charge is 0.343 e. The van der Waals surface area contributed by atoms with E-state index >= 15 is 0 Å². The molecule has 0 heterocycles. The van der Waals surface area contributed by atoms with Gasteiger partial charge in [0.05, 0.1) is 57.7 Å². The van der Waals surface area contributed by atoms with E-state index in [4.69, 9.17) is 43.0 Å². The lowest BCUT2D eigenvalue weighted by molar-refractivity contribution is -0.148. The summed E-state index contributed by atoms with van der Waals surface area (Å²) in [5.41, 5.74) is 0.392. The normalized spacial score (nSPS) is 11.4. The third-order valence-corrected chi connectivity index (χ3v) is 6.57. The van der Waals surface area contributed by atoms with Gasteiger partial charge < -0.3 is 43.0 Å². The Kier molecular flexibility index (Phi) is 16.8. The number of carbonyl (C=O) groups is 2. The van der Waals surface area contributed by atoms with Crippen molar-refractivity contribution in [1.82, 2.24) is 0 Å². The number of hydrogen-bond acceptors (Lipinski definition) is 11. The Balaban J connectivity index is 1.28. The number of unbranched alkanes of at least 4 members (excludes halogenated alkanes) is 1. The summed E-state index contributed by atoms with van der Waals surface area (Å²) >= 11 is 0. The number of aliphatic hydroxyl groups excluding tert-OH is 1. The highest BCUT2D eigenvalue weighted by molar-refractivity contribution is 5.91. The molecule has 0 amide bonds. The first-order chi connectivity index (χ1) is 22.5. The summed E-state index contributed by atoms with van der Waals surface area (Å²) in [5.74, 6) is 2.14. The van der Waals surface area contributed by atoms with Crippen molar-refractivity contribution in [2.75, 3.05) is 59.6 Å². The lowest BCUT2D eigenvalue weighted by Crippen LogP contribution is -2.15. The molecule has 0 saturated heterocycles. The molecule has 46 heavy (non-hydrogen) atoms. The van der Waals surface area contributed by atoms with Gasteiger partial charge in [0.15, 0.2) is 0 Å². The van der Waals surface area contributed by atoms with Gasteiger partial charge in [0.25, 0.3) is 0 Å². The Hall–Kier alpha value is -4.32.